The van der Waals surface area contributed by atoms with Crippen molar-refractivity contribution in [1.29, 1.82) is 0 Å². The number of imidazole rings is 1. The number of hydrogen-bond donors (Lipinski definition) is 1. The van der Waals surface area contributed by atoms with Crippen LogP contribution < -0.4 is 0 Å². The van der Waals surface area contributed by atoms with Crippen molar-refractivity contribution in [2.45, 2.75) is 6.54 Å². The van der Waals surface area contributed by atoms with Crippen LogP contribution in [0.2, 0.25) is 0 Å². The number of hydrogen-bond acceptors (Lipinski definition) is 3. The summed E-state index contributed by atoms with van der Waals surface area (Å²) in [7, 11) is 0. The number of fused-ring (bicyclic) bond motifs is 1. The molecule has 1 N–H and O–H groups in total. The van der Waals surface area contributed by atoms with E-state index in [1.54, 1.807) is 18.5 Å². The van der Waals surface area contributed by atoms with Crippen molar-refractivity contribution in [2.75, 3.05) is 0 Å². The summed E-state index contributed by atoms with van der Waals surface area (Å²) >= 11 is 0. The molecule has 0 saturated heterocycles. The van der Waals surface area contributed by atoms with E-state index in [-0.39, 0.29) is 5.69 Å². The molecule has 0 bridgehead atoms. The van der Waals surface area contributed by atoms with E-state index in [1.165, 1.54) is 6.20 Å². The summed E-state index contributed by atoms with van der Waals surface area (Å²) in [5, 5.41) is 8.93. The fourth-order valence-electron chi connectivity index (χ4n) is 2.02. The van der Waals surface area contributed by atoms with Crippen molar-refractivity contribution in [3.05, 3.63) is 60.2 Å². The summed E-state index contributed by atoms with van der Waals surface area (Å²) in [5.41, 5.74) is 2.89. The van der Waals surface area contributed by atoms with E-state index in [0.717, 1.165) is 16.6 Å². The highest BCUT2D eigenvalue weighted by atomic mass is 16.4. The quantitative estimate of drug-likeness (QED) is 0.776. The van der Waals surface area contributed by atoms with Gasteiger partial charge in [-0.2, -0.15) is 0 Å². The molecule has 94 valence electrons. The van der Waals surface area contributed by atoms with E-state index in [2.05, 4.69) is 9.97 Å². The average Bonchev–Trinajstić information content (AvgIpc) is 2.83. The van der Waals surface area contributed by atoms with Gasteiger partial charge >= 0.3 is 5.97 Å². The van der Waals surface area contributed by atoms with Gasteiger partial charge in [0.15, 0.2) is 0 Å². The SMILES string of the molecule is O=C(O)c1cc(Cn2cnc3ccccc32)ccn1. The van der Waals surface area contributed by atoms with Crippen molar-refractivity contribution < 1.29 is 9.90 Å². The van der Waals surface area contributed by atoms with Gasteiger partial charge in [-0.3, -0.25) is 0 Å². The van der Waals surface area contributed by atoms with E-state index < -0.39 is 5.97 Å². The van der Waals surface area contributed by atoms with Crippen molar-refractivity contribution in [3.8, 4) is 0 Å². The van der Waals surface area contributed by atoms with E-state index >= 15 is 0 Å². The molecule has 0 fully saturated rings. The van der Waals surface area contributed by atoms with E-state index in [0.29, 0.717) is 6.54 Å². The first kappa shape index (κ1) is 11.4. The Bertz CT molecular complexity index is 749. The zero-order valence-electron chi connectivity index (χ0n) is 10.0. The number of carboxylic acid groups (broad SMARTS) is 1. The molecular formula is C14H11N3O2. The fourth-order valence-corrected chi connectivity index (χ4v) is 2.02. The lowest BCUT2D eigenvalue weighted by atomic mass is 10.2. The Hall–Kier alpha value is -2.69. The third-order valence-corrected chi connectivity index (χ3v) is 2.92. The Morgan fingerprint density at radius 3 is 2.89 bits per heavy atom. The minimum atomic E-state index is -1.02. The van der Waals surface area contributed by atoms with Gasteiger partial charge in [-0.25, -0.2) is 14.8 Å². The highest BCUT2D eigenvalue weighted by Gasteiger charge is 2.07. The molecule has 0 spiro atoms. The van der Waals surface area contributed by atoms with E-state index in [4.69, 9.17) is 5.11 Å². The molecule has 0 aliphatic carbocycles. The largest absolute Gasteiger partial charge is 0.477 e. The number of aromatic nitrogens is 3. The van der Waals surface area contributed by atoms with Gasteiger partial charge in [-0.1, -0.05) is 12.1 Å². The Kier molecular flexibility index (Phi) is 2.72. The third-order valence-electron chi connectivity index (χ3n) is 2.92. The maximum atomic E-state index is 10.9. The minimum absolute atomic E-state index is 0.0573. The highest BCUT2D eigenvalue weighted by molar-refractivity contribution is 5.85. The van der Waals surface area contributed by atoms with Crippen molar-refractivity contribution in [2.24, 2.45) is 0 Å². The van der Waals surface area contributed by atoms with Gasteiger partial charge in [0.1, 0.15) is 5.69 Å². The number of aromatic carboxylic acids is 1. The summed E-state index contributed by atoms with van der Waals surface area (Å²) < 4.78 is 1.98. The number of pyridine rings is 1. The molecule has 0 amide bonds. The minimum Gasteiger partial charge on any atom is -0.477 e. The topological polar surface area (TPSA) is 68.0 Å². The first-order valence-electron chi connectivity index (χ1n) is 5.82. The number of carboxylic acids is 1. The monoisotopic (exact) mass is 253 g/mol. The molecule has 0 saturated carbocycles. The van der Waals surface area contributed by atoms with Crippen LogP contribution in [0.25, 0.3) is 11.0 Å². The van der Waals surface area contributed by atoms with Gasteiger partial charge in [-0.05, 0) is 29.8 Å². The van der Waals surface area contributed by atoms with Gasteiger partial charge in [0, 0.05) is 12.7 Å². The Morgan fingerprint density at radius 1 is 1.21 bits per heavy atom. The summed E-state index contributed by atoms with van der Waals surface area (Å²) in [6.45, 7) is 0.573. The van der Waals surface area contributed by atoms with Crippen LogP contribution in [0.15, 0.2) is 48.9 Å². The average molecular weight is 253 g/mol. The molecule has 3 rings (SSSR count). The standard InChI is InChI=1S/C14H11N3O2/c18-14(19)12-7-10(5-6-15-12)8-17-9-16-11-3-1-2-4-13(11)17/h1-7,9H,8H2,(H,18,19). The molecule has 19 heavy (non-hydrogen) atoms. The molecule has 1 aromatic carbocycles. The Morgan fingerprint density at radius 2 is 2.05 bits per heavy atom. The molecular weight excluding hydrogens is 242 g/mol. The van der Waals surface area contributed by atoms with Crippen molar-refractivity contribution in [3.63, 3.8) is 0 Å². The normalized spacial score (nSPS) is 10.7. The summed E-state index contributed by atoms with van der Waals surface area (Å²) in [6, 6.07) is 11.2. The molecule has 0 radical (unpaired) electrons. The molecule has 3 aromatic rings. The van der Waals surface area contributed by atoms with Crippen LogP contribution in [0.5, 0.6) is 0 Å². The van der Waals surface area contributed by atoms with Gasteiger partial charge < -0.3 is 9.67 Å². The maximum absolute atomic E-state index is 10.9. The zero-order chi connectivity index (χ0) is 13.2. The predicted octanol–water partition coefficient (Wildman–Crippen LogP) is 2.18. The van der Waals surface area contributed by atoms with Crippen molar-refractivity contribution in [1.82, 2.24) is 14.5 Å². The molecule has 0 aliphatic heterocycles. The Labute approximate surface area is 109 Å². The Balaban J connectivity index is 1.97. The molecule has 2 heterocycles. The van der Waals surface area contributed by atoms with E-state index in [9.17, 15) is 4.79 Å². The lowest BCUT2D eigenvalue weighted by Gasteiger charge is -2.05. The molecule has 5 heteroatoms. The molecule has 0 atom stereocenters. The number of benzene rings is 1. The molecule has 0 aliphatic rings. The summed E-state index contributed by atoms with van der Waals surface area (Å²) in [5.74, 6) is -1.02. The first-order chi connectivity index (χ1) is 9.24. The fraction of sp³-hybridized carbons (Fsp3) is 0.0714. The van der Waals surface area contributed by atoms with Gasteiger partial charge in [0.2, 0.25) is 0 Å². The lowest BCUT2D eigenvalue weighted by Crippen LogP contribution is -2.03. The predicted molar refractivity (Wildman–Crippen MR) is 70.0 cm³/mol. The van der Waals surface area contributed by atoms with Gasteiger partial charge in [0.25, 0.3) is 0 Å². The second-order valence-corrected chi connectivity index (χ2v) is 4.22. The van der Waals surface area contributed by atoms with Crippen LogP contribution in [-0.4, -0.2) is 25.6 Å². The number of para-hydroxylation sites is 2. The van der Waals surface area contributed by atoms with Gasteiger partial charge in [0.05, 0.1) is 17.4 Å². The van der Waals surface area contributed by atoms with Crippen LogP contribution in [0.3, 0.4) is 0 Å². The van der Waals surface area contributed by atoms with Crippen molar-refractivity contribution >= 4 is 17.0 Å². The number of nitrogens with zero attached hydrogens (tertiary/aromatic N) is 3. The lowest BCUT2D eigenvalue weighted by molar-refractivity contribution is 0.0690. The summed E-state index contributed by atoms with van der Waals surface area (Å²) in [6.07, 6.45) is 3.27. The van der Waals surface area contributed by atoms with Gasteiger partial charge in [-0.15, -0.1) is 0 Å². The molecule has 2 aromatic heterocycles. The third kappa shape index (κ3) is 2.18. The molecule has 5 nitrogen and oxygen atoms in total. The number of rotatable bonds is 3. The first-order valence-corrected chi connectivity index (χ1v) is 5.82. The van der Waals surface area contributed by atoms with Crippen LogP contribution in [-0.2, 0) is 6.54 Å². The number of carbonyl (C=O) groups is 1. The van der Waals surface area contributed by atoms with Crippen LogP contribution in [0.4, 0.5) is 0 Å². The summed E-state index contributed by atoms with van der Waals surface area (Å²) in [4.78, 5) is 19.0. The molecule has 0 unspecified atom stereocenters. The van der Waals surface area contributed by atoms with Crippen LogP contribution in [0, 0.1) is 0 Å². The maximum Gasteiger partial charge on any atom is 0.354 e. The zero-order valence-corrected chi connectivity index (χ0v) is 10.0. The van der Waals surface area contributed by atoms with Crippen LogP contribution in [0.1, 0.15) is 16.1 Å². The smallest absolute Gasteiger partial charge is 0.354 e. The highest BCUT2D eigenvalue weighted by Crippen LogP contribution is 2.14. The second kappa shape index (κ2) is 4.53. The van der Waals surface area contributed by atoms with E-state index in [1.807, 2.05) is 28.8 Å². The van der Waals surface area contributed by atoms with Crippen LogP contribution >= 0.6 is 0 Å². The second-order valence-electron chi connectivity index (χ2n) is 4.22.